The van der Waals surface area contributed by atoms with E-state index in [-0.39, 0.29) is 46.3 Å². The van der Waals surface area contributed by atoms with E-state index in [1.807, 2.05) is 56.3 Å². The number of amides is 1. The van der Waals surface area contributed by atoms with Crippen molar-refractivity contribution in [3.8, 4) is 17.1 Å². The average molecular weight is 657 g/mol. The molecule has 0 saturated carbocycles. The molecule has 0 saturated heterocycles. The number of anilines is 1. The average Bonchev–Trinajstić information content (AvgIpc) is 2.98. The first-order valence-electron chi connectivity index (χ1n) is 15.8. The molecule has 4 aromatic rings. The smallest absolute Gasteiger partial charge is 0.264 e. The largest absolute Gasteiger partial charge is 0.475 e. The van der Waals surface area contributed by atoms with Crippen LogP contribution in [-0.2, 0) is 22.0 Å². The van der Waals surface area contributed by atoms with Gasteiger partial charge in [0.15, 0.2) is 0 Å². The highest BCUT2D eigenvalue weighted by molar-refractivity contribution is 7.92. The molecule has 1 amide bonds. The lowest BCUT2D eigenvalue weighted by Gasteiger charge is -2.36. The fraction of sp³-hybridized carbons (Fsp3) is 0.378. The van der Waals surface area contributed by atoms with Crippen LogP contribution in [0.5, 0.6) is 5.88 Å². The van der Waals surface area contributed by atoms with E-state index in [1.54, 1.807) is 36.9 Å². The summed E-state index contributed by atoms with van der Waals surface area (Å²) in [5.41, 5.74) is 4.29. The van der Waals surface area contributed by atoms with Gasteiger partial charge in [0.25, 0.3) is 15.9 Å². The molecule has 0 aliphatic carbocycles. The van der Waals surface area contributed by atoms with Crippen LogP contribution in [0, 0.1) is 19.3 Å². The van der Waals surface area contributed by atoms with Crippen molar-refractivity contribution < 1.29 is 23.1 Å². The van der Waals surface area contributed by atoms with E-state index < -0.39 is 15.6 Å². The van der Waals surface area contributed by atoms with Crippen LogP contribution in [0.15, 0.2) is 77.7 Å². The van der Waals surface area contributed by atoms with Crippen molar-refractivity contribution in [2.24, 2.45) is 5.41 Å². The van der Waals surface area contributed by atoms with Gasteiger partial charge in [-0.1, -0.05) is 69.3 Å². The van der Waals surface area contributed by atoms with E-state index in [4.69, 9.17) is 4.74 Å². The van der Waals surface area contributed by atoms with E-state index in [0.717, 1.165) is 27.8 Å². The van der Waals surface area contributed by atoms with Crippen molar-refractivity contribution in [2.75, 3.05) is 17.9 Å². The molecule has 47 heavy (non-hydrogen) atoms. The molecule has 1 atom stereocenters. The Balaban J connectivity index is 1.60. The zero-order valence-electron chi connectivity index (χ0n) is 28.2. The van der Waals surface area contributed by atoms with Crippen LogP contribution in [0.4, 0.5) is 5.95 Å². The van der Waals surface area contributed by atoms with Crippen molar-refractivity contribution in [3.63, 3.8) is 0 Å². The summed E-state index contributed by atoms with van der Waals surface area (Å²) in [5, 5.41) is 10.4. The quantitative estimate of drug-likeness (QED) is 0.238. The van der Waals surface area contributed by atoms with Crippen molar-refractivity contribution in [2.45, 2.75) is 77.8 Å². The molecular weight excluding hydrogens is 612 g/mol. The van der Waals surface area contributed by atoms with Crippen LogP contribution >= 0.6 is 0 Å². The lowest BCUT2D eigenvalue weighted by Crippen LogP contribution is -2.46. The Morgan fingerprint density at radius 2 is 1.60 bits per heavy atom. The summed E-state index contributed by atoms with van der Waals surface area (Å²) >= 11 is 0. The maximum atomic E-state index is 14.3. The third-order valence-electron chi connectivity index (χ3n) is 8.33. The molecule has 5 rings (SSSR count). The first-order chi connectivity index (χ1) is 22.0. The number of aromatic nitrogens is 2. The fourth-order valence-corrected chi connectivity index (χ4v) is 6.95. The number of benzene rings is 3. The second-order valence-corrected chi connectivity index (χ2v) is 15.7. The topological polar surface area (TPSA) is 122 Å². The van der Waals surface area contributed by atoms with Gasteiger partial charge in [0, 0.05) is 23.7 Å². The predicted molar refractivity (Wildman–Crippen MR) is 184 cm³/mol. The summed E-state index contributed by atoms with van der Waals surface area (Å²) in [5.74, 6) is -0.203. The highest BCUT2D eigenvalue weighted by Gasteiger charge is 2.31. The van der Waals surface area contributed by atoms with Gasteiger partial charge in [0.05, 0.1) is 22.2 Å². The van der Waals surface area contributed by atoms with Crippen LogP contribution < -0.4 is 9.46 Å². The molecular formula is C37H44N4O5S. The molecule has 4 bridgehead atoms. The lowest BCUT2D eigenvalue weighted by atomic mass is 9.87. The predicted octanol–water partition coefficient (Wildman–Crippen LogP) is 6.67. The molecule has 1 aromatic heterocycles. The number of rotatable bonds is 6. The van der Waals surface area contributed by atoms with Crippen LogP contribution in [0.25, 0.3) is 11.3 Å². The van der Waals surface area contributed by atoms with Crippen LogP contribution in [0.3, 0.4) is 0 Å². The molecule has 0 radical (unpaired) electrons. The van der Waals surface area contributed by atoms with Crippen molar-refractivity contribution in [1.29, 1.82) is 0 Å². The standard InChI is InChI=1S/C37H44N4O5S/c1-24-10-8-11-25(2)33(24)31-21-32-39-35(38-31)40-47(44,45)30-13-9-12-27(20-30)34(42)41(29(23-46-32)22-36(3,4)5)19-18-26-14-16-28(17-15-26)37(6,7)43/h8-17,20-21,29,43H,18-19,22-23H2,1-7H3,(H,38,39,40)/t29-/m1/s1. The third kappa shape index (κ3) is 8.18. The number of aliphatic hydroxyl groups is 1. The first-order valence-corrected chi connectivity index (χ1v) is 17.3. The first kappa shape index (κ1) is 34.1. The van der Waals surface area contributed by atoms with Crippen LogP contribution in [0.1, 0.15) is 73.7 Å². The summed E-state index contributed by atoms with van der Waals surface area (Å²) in [7, 11) is -4.15. The highest BCUT2D eigenvalue weighted by Crippen LogP contribution is 2.31. The van der Waals surface area contributed by atoms with Gasteiger partial charge >= 0.3 is 0 Å². The van der Waals surface area contributed by atoms with Gasteiger partial charge in [0.1, 0.15) is 6.61 Å². The molecule has 0 spiro atoms. The number of hydrogen-bond acceptors (Lipinski definition) is 7. The van der Waals surface area contributed by atoms with Crippen LogP contribution in [0.2, 0.25) is 0 Å². The van der Waals surface area contributed by atoms with Crippen molar-refractivity contribution in [3.05, 3.63) is 101 Å². The summed E-state index contributed by atoms with van der Waals surface area (Å²) in [6.07, 6.45) is 1.17. The number of nitrogens with one attached hydrogen (secondary N) is 1. The minimum atomic E-state index is -4.15. The Bertz CT molecular complexity index is 1860. The zero-order valence-corrected chi connectivity index (χ0v) is 29.0. The maximum absolute atomic E-state index is 14.3. The lowest BCUT2D eigenvalue weighted by molar-refractivity contribution is 0.0540. The normalized spacial score (nSPS) is 16.7. The number of nitrogens with zero attached hydrogens (tertiary/aromatic N) is 3. The third-order valence-corrected chi connectivity index (χ3v) is 9.66. The van der Waals surface area contributed by atoms with Gasteiger partial charge < -0.3 is 14.7 Å². The summed E-state index contributed by atoms with van der Waals surface area (Å²) in [6.45, 7) is 14.3. The fourth-order valence-electron chi connectivity index (χ4n) is 5.96. The minimum absolute atomic E-state index is 0.0688. The van der Waals surface area contributed by atoms with Gasteiger partial charge in [-0.3, -0.25) is 4.79 Å². The SMILES string of the molecule is Cc1cccc(C)c1-c1cc2nc(n1)NS(=O)(=O)c1cccc(c1)C(=O)N(CCc1ccc(C(C)(C)O)cc1)[C@H](CC(C)(C)C)CO2. The number of ether oxygens (including phenoxy) is 1. The highest BCUT2D eigenvalue weighted by atomic mass is 32.2. The number of aryl methyl sites for hydroxylation is 2. The van der Waals surface area contributed by atoms with Crippen molar-refractivity contribution >= 4 is 21.9 Å². The summed E-state index contributed by atoms with van der Waals surface area (Å²) < 4.78 is 36.1. The Morgan fingerprint density at radius 3 is 2.23 bits per heavy atom. The van der Waals surface area contributed by atoms with E-state index in [2.05, 4.69) is 35.5 Å². The second-order valence-electron chi connectivity index (χ2n) is 14.0. The molecule has 2 N–H and O–H groups in total. The van der Waals surface area contributed by atoms with Gasteiger partial charge in [0.2, 0.25) is 11.8 Å². The second kappa shape index (κ2) is 13.1. The van der Waals surface area contributed by atoms with E-state index in [0.29, 0.717) is 25.1 Å². The van der Waals surface area contributed by atoms with Gasteiger partial charge in [-0.15, -0.1) is 0 Å². The maximum Gasteiger partial charge on any atom is 0.264 e. The molecule has 2 heterocycles. The zero-order chi connectivity index (χ0) is 34.1. The van der Waals surface area contributed by atoms with Gasteiger partial charge in [-0.2, -0.15) is 4.98 Å². The van der Waals surface area contributed by atoms with E-state index >= 15 is 0 Å². The number of carbonyl (C=O) groups excluding carboxylic acids is 1. The number of carbonyl (C=O) groups is 1. The van der Waals surface area contributed by atoms with Crippen LogP contribution in [-0.4, -0.2) is 53.5 Å². The monoisotopic (exact) mass is 656 g/mol. The number of hydrogen-bond donors (Lipinski definition) is 2. The number of fused-ring (bicyclic) bond motifs is 4. The molecule has 0 fully saturated rings. The molecule has 1 aliphatic rings. The summed E-state index contributed by atoms with van der Waals surface area (Å²) in [6, 6.07) is 21.0. The van der Waals surface area contributed by atoms with Gasteiger partial charge in [-0.05, 0) is 86.4 Å². The molecule has 1 aliphatic heterocycles. The minimum Gasteiger partial charge on any atom is -0.475 e. The van der Waals surface area contributed by atoms with Gasteiger partial charge in [-0.25, -0.2) is 18.1 Å². The molecule has 3 aromatic carbocycles. The van der Waals surface area contributed by atoms with E-state index in [1.165, 1.54) is 12.1 Å². The Hall–Kier alpha value is -4.28. The number of sulfonamides is 1. The van der Waals surface area contributed by atoms with Crippen molar-refractivity contribution in [1.82, 2.24) is 14.9 Å². The Morgan fingerprint density at radius 1 is 0.936 bits per heavy atom. The summed E-state index contributed by atoms with van der Waals surface area (Å²) in [4.78, 5) is 25.1. The Labute approximate surface area is 278 Å². The molecule has 10 heteroatoms. The molecule has 0 unspecified atom stereocenters. The van der Waals surface area contributed by atoms with E-state index in [9.17, 15) is 18.3 Å². The molecule has 248 valence electrons. The Kier molecular flexibility index (Phi) is 9.48. The molecule has 9 nitrogen and oxygen atoms in total.